The van der Waals surface area contributed by atoms with Gasteiger partial charge in [-0.25, -0.2) is 4.79 Å². The third kappa shape index (κ3) is 6.60. The molecule has 1 fully saturated rings. The van der Waals surface area contributed by atoms with Gasteiger partial charge >= 0.3 is 5.97 Å². The smallest absolute Gasteiger partial charge is 0.326 e. The molecule has 19 heavy (non-hydrogen) atoms. The molecule has 4 nitrogen and oxygen atoms in total. The Morgan fingerprint density at radius 2 is 1.74 bits per heavy atom. The molecule has 0 spiro atoms. The van der Waals surface area contributed by atoms with Gasteiger partial charge in [0, 0.05) is 6.42 Å². The normalized spacial score (nSPS) is 18.9. The van der Waals surface area contributed by atoms with Crippen molar-refractivity contribution in [1.82, 2.24) is 5.32 Å². The van der Waals surface area contributed by atoms with E-state index in [1.807, 2.05) is 13.8 Å². The van der Waals surface area contributed by atoms with Crippen LogP contribution in [0.2, 0.25) is 0 Å². The van der Waals surface area contributed by atoms with E-state index in [9.17, 15) is 9.59 Å². The summed E-state index contributed by atoms with van der Waals surface area (Å²) in [5.41, 5.74) is 0. The number of amides is 1. The zero-order chi connectivity index (χ0) is 14.3. The molecule has 1 aliphatic carbocycles. The van der Waals surface area contributed by atoms with Gasteiger partial charge in [-0.1, -0.05) is 39.5 Å². The average molecular weight is 269 g/mol. The molecule has 1 aliphatic rings. The molecule has 2 N–H and O–H groups in total. The predicted molar refractivity (Wildman–Crippen MR) is 74.8 cm³/mol. The van der Waals surface area contributed by atoms with Gasteiger partial charge in [0.25, 0.3) is 0 Å². The standard InChI is InChI=1S/C15H27NO3/c1-11(2)9-13(15(18)19)16-14(17)10-12-7-5-3-4-6-8-12/h11-13H,3-10H2,1-2H3,(H,16,17)(H,18,19)/t13-/m1/s1. The summed E-state index contributed by atoms with van der Waals surface area (Å²) >= 11 is 0. The van der Waals surface area contributed by atoms with E-state index in [4.69, 9.17) is 5.11 Å². The minimum atomic E-state index is -0.928. The van der Waals surface area contributed by atoms with E-state index in [0.717, 1.165) is 12.8 Å². The van der Waals surface area contributed by atoms with Crippen LogP contribution in [0, 0.1) is 11.8 Å². The van der Waals surface area contributed by atoms with Crippen molar-refractivity contribution >= 4 is 11.9 Å². The first-order valence-corrected chi connectivity index (χ1v) is 7.51. The van der Waals surface area contributed by atoms with E-state index in [2.05, 4.69) is 5.32 Å². The maximum absolute atomic E-state index is 11.9. The fourth-order valence-corrected chi connectivity index (χ4v) is 2.78. The number of rotatable bonds is 6. The average Bonchev–Trinajstić information content (AvgIpc) is 2.56. The molecule has 0 heterocycles. The van der Waals surface area contributed by atoms with Crippen molar-refractivity contribution in [1.29, 1.82) is 0 Å². The molecule has 110 valence electrons. The third-order valence-corrected chi connectivity index (χ3v) is 3.79. The second-order valence-corrected chi connectivity index (χ2v) is 6.15. The highest BCUT2D eigenvalue weighted by molar-refractivity contribution is 5.83. The van der Waals surface area contributed by atoms with E-state index in [1.165, 1.54) is 25.7 Å². The Kier molecular flexibility index (Phi) is 6.89. The second-order valence-electron chi connectivity index (χ2n) is 6.15. The summed E-state index contributed by atoms with van der Waals surface area (Å²) in [6, 6.07) is -0.738. The van der Waals surface area contributed by atoms with Crippen LogP contribution >= 0.6 is 0 Å². The van der Waals surface area contributed by atoms with Crippen molar-refractivity contribution < 1.29 is 14.7 Å². The minimum Gasteiger partial charge on any atom is -0.480 e. The number of aliphatic carboxylic acids is 1. The SMILES string of the molecule is CC(C)C[C@@H](NC(=O)CC1CCCCCC1)C(=O)O. The lowest BCUT2D eigenvalue weighted by atomic mass is 9.96. The number of carbonyl (C=O) groups is 2. The first-order valence-electron chi connectivity index (χ1n) is 7.51. The summed E-state index contributed by atoms with van der Waals surface area (Å²) in [7, 11) is 0. The Balaban J connectivity index is 2.40. The molecule has 0 saturated heterocycles. The Labute approximate surface area is 116 Å². The van der Waals surface area contributed by atoms with E-state index < -0.39 is 12.0 Å². The van der Waals surface area contributed by atoms with Crippen LogP contribution < -0.4 is 5.32 Å². The molecule has 0 unspecified atom stereocenters. The van der Waals surface area contributed by atoms with Gasteiger partial charge in [0.1, 0.15) is 6.04 Å². The molecular weight excluding hydrogens is 242 g/mol. The lowest BCUT2D eigenvalue weighted by Gasteiger charge is -2.19. The Morgan fingerprint density at radius 1 is 1.16 bits per heavy atom. The van der Waals surface area contributed by atoms with Crippen molar-refractivity contribution in [3.05, 3.63) is 0 Å². The summed E-state index contributed by atoms with van der Waals surface area (Å²) in [5, 5.41) is 11.8. The molecule has 0 aliphatic heterocycles. The number of nitrogens with one attached hydrogen (secondary N) is 1. The van der Waals surface area contributed by atoms with Gasteiger partial charge in [-0.15, -0.1) is 0 Å². The topological polar surface area (TPSA) is 66.4 Å². The van der Waals surface area contributed by atoms with Gasteiger partial charge in [0.05, 0.1) is 0 Å². The largest absolute Gasteiger partial charge is 0.480 e. The monoisotopic (exact) mass is 269 g/mol. The number of hydrogen-bond donors (Lipinski definition) is 2. The maximum Gasteiger partial charge on any atom is 0.326 e. The molecule has 0 aromatic rings. The van der Waals surface area contributed by atoms with Crippen molar-refractivity contribution in [2.24, 2.45) is 11.8 Å². The molecule has 1 atom stereocenters. The lowest BCUT2D eigenvalue weighted by Crippen LogP contribution is -2.42. The summed E-state index contributed by atoms with van der Waals surface area (Å²) in [5.74, 6) is -0.321. The van der Waals surface area contributed by atoms with Gasteiger partial charge in [-0.2, -0.15) is 0 Å². The zero-order valence-electron chi connectivity index (χ0n) is 12.2. The van der Waals surface area contributed by atoms with Crippen LogP contribution in [0.15, 0.2) is 0 Å². The quantitative estimate of drug-likeness (QED) is 0.728. The first-order chi connectivity index (χ1) is 8.99. The van der Waals surface area contributed by atoms with E-state index in [-0.39, 0.29) is 11.8 Å². The van der Waals surface area contributed by atoms with Crippen molar-refractivity contribution in [2.45, 2.75) is 71.3 Å². The molecule has 4 heteroatoms. The van der Waals surface area contributed by atoms with Crippen LogP contribution in [0.25, 0.3) is 0 Å². The molecule has 0 radical (unpaired) electrons. The van der Waals surface area contributed by atoms with E-state index in [0.29, 0.717) is 18.8 Å². The van der Waals surface area contributed by atoms with Crippen LogP contribution in [0.4, 0.5) is 0 Å². The summed E-state index contributed by atoms with van der Waals surface area (Å²) in [6.07, 6.45) is 8.13. The molecule has 0 aromatic heterocycles. The van der Waals surface area contributed by atoms with Gasteiger partial charge in [-0.05, 0) is 31.1 Å². The number of hydrogen-bond acceptors (Lipinski definition) is 2. The van der Waals surface area contributed by atoms with E-state index in [1.54, 1.807) is 0 Å². The highest BCUT2D eigenvalue weighted by Crippen LogP contribution is 2.25. The van der Waals surface area contributed by atoms with Gasteiger partial charge in [0.2, 0.25) is 5.91 Å². The molecular formula is C15H27NO3. The van der Waals surface area contributed by atoms with Crippen molar-refractivity contribution in [3.63, 3.8) is 0 Å². The van der Waals surface area contributed by atoms with Crippen LogP contribution in [0.1, 0.15) is 65.2 Å². The lowest BCUT2D eigenvalue weighted by molar-refractivity contribution is -0.142. The van der Waals surface area contributed by atoms with Gasteiger partial charge in [0.15, 0.2) is 0 Å². The number of carbonyl (C=O) groups excluding carboxylic acids is 1. The fourth-order valence-electron chi connectivity index (χ4n) is 2.78. The first kappa shape index (κ1) is 16.0. The van der Waals surface area contributed by atoms with Gasteiger partial charge in [-0.3, -0.25) is 4.79 Å². The summed E-state index contributed by atoms with van der Waals surface area (Å²) < 4.78 is 0. The van der Waals surface area contributed by atoms with Crippen LogP contribution in [-0.4, -0.2) is 23.0 Å². The predicted octanol–water partition coefficient (Wildman–Crippen LogP) is 2.96. The number of carboxylic acids is 1. The molecule has 1 saturated carbocycles. The van der Waals surface area contributed by atoms with Crippen LogP contribution in [0.3, 0.4) is 0 Å². The molecule has 1 amide bonds. The second kappa shape index (κ2) is 8.18. The van der Waals surface area contributed by atoms with Crippen molar-refractivity contribution in [2.75, 3.05) is 0 Å². The fraction of sp³-hybridized carbons (Fsp3) is 0.867. The summed E-state index contributed by atoms with van der Waals surface area (Å²) in [4.78, 5) is 23.0. The molecule has 0 aromatic carbocycles. The zero-order valence-corrected chi connectivity index (χ0v) is 12.2. The maximum atomic E-state index is 11.9. The van der Waals surface area contributed by atoms with Crippen molar-refractivity contribution in [3.8, 4) is 0 Å². The molecule has 1 rings (SSSR count). The van der Waals surface area contributed by atoms with E-state index >= 15 is 0 Å². The van der Waals surface area contributed by atoms with Crippen LogP contribution in [0.5, 0.6) is 0 Å². The third-order valence-electron chi connectivity index (χ3n) is 3.79. The Bertz CT molecular complexity index is 294. The Morgan fingerprint density at radius 3 is 2.21 bits per heavy atom. The highest BCUT2D eigenvalue weighted by atomic mass is 16.4. The number of carboxylic acid groups (broad SMARTS) is 1. The molecule has 0 bridgehead atoms. The van der Waals surface area contributed by atoms with Crippen LogP contribution in [-0.2, 0) is 9.59 Å². The highest BCUT2D eigenvalue weighted by Gasteiger charge is 2.23. The summed E-state index contributed by atoms with van der Waals surface area (Å²) in [6.45, 7) is 3.93. The Hall–Kier alpha value is -1.06. The van der Waals surface area contributed by atoms with Gasteiger partial charge < -0.3 is 10.4 Å². The minimum absolute atomic E-state index is 0.0973.